The van der Waals surface area contributed by atoms with Crippen molar-refractivity contribution in [1.82, 2.24) is 0 Å². The van der Waals surface area contributed by atoms with Gasteiger partial charge in [-0.25, -0.2) is 8.78 Å². The van der Waals surface area contributed by atoms with E-state index in [-0.39, 0.29) is 31.8 Å². The van der Waals surface area contributed by atoms with Gasteiger partial charge < -0.3 is 10.5 Å². The van der Waals surface area contributed by atoms with Crippen LogP contribution in [0, 0.1) is 17.0 Å². The number of ether oxygens (including phenoxy) is 1. The van der Waals surface area contributed by atoms with Crippen molar-refractivity contribution in [3.05, 3.63) is 56.5 Å². The van der Waals surface area contributed by atoms with Gasteiger partial charge in [0, 0.05) is 5.56 Å². The zero-order chi connectivity index (χ0) is 14.9. The average molecular weight is 406 g/mol. The minimum Gasteiger partial charge on any atom is -0.454 e. The SMILES string of the molecule is N=C(N)c1ccc(Oc2ccc(F)c(Br)c2)c(F)c1Br. The van der Waals surface area contributed by atoms with Gasteiger partial charge >= 0.3 is 0 Å². The molecule has 0 fully saturated rings. The summed E-state index contributed by atoms with van der Waals surface area (Å²) in [7, 11) is 0. The topological polar surface area (TPSA) is 59.1 Å². The van der Waals surface area contributed by atoms with E-state index in [1.807, 2.05) is 0 Å². The molecule has 0 spiro atoms. The van der Waals surface area contributed by atoms with Crippen molar-refractivity contribution in [2.75, 3.05) is 0 Å². The third-order valence-electron chi connectivity index (χ3n) is 2.46. The highest BCUT2D eigenvalue weighted by Crippen LogP contribution is 2.32. The second-order valence-electron chi connectivity index (χ2n) is 3.83. The lowest BCUT2D eigenvalue weighted by molar-refractivity contribution is 0.438. The van der Waals surface area contributed by atoms with Crippen LogP contribution < -0.4 is 10.5 Å². The molecule has 0 amide bonds. The van der Waals surface area contributed by atoms with Crippen LogP contribution in [-0.4, -0.2) is 5.84 Å². The first-order valence-electron chi connectivity index (χ1n) is 5.35. The lowest BCUT2D eigenvalue weighted by Gasteiger charge is -2.10. The van der Waals surface area contributed by atoms with Crippen molar-refractivity contribution >= 4 is 37.7 Å². The summed E-state index contributed by atoms with van der Waals surface area (Å²) >= 11 is 6.05. The largest absolute Gasteiger partial charge is 0.454 e. The maximum Gasteiger partial charge on any atom is 0.180 e. The number of nitrogens with one attached hydrogen (secondary N) is 1. The first-order valence-corrected chi connectivity index (χ1v) is 6.94. The predicted molar refractivity (Wildman–Crippen MR) is 79.3 cm³/mol. The number of nitrogens with two attached hydrogens (primary N) is 1. The van der Waals surface area contributed by atoms with Gasteiger partial charge in [0.2, 0.25) is 0 Å². The van der Waals surface area contributed by atoms with E-state index in [1.165, 1.54) is 30.3 Å². The van der Waals surface area contributed by atoms with E-state index in [2.05, 4.69) is 31.9 Å². The second-order valence-corrected chi connectivity index (χ2v) is 5.48. The average Bonchev–Trinajstić information content (AvgIpc) is 2.39. The van der Waals surface area contributed by atoms with E-state index in [0.29, 0.717) is 0 Å². The Labute approximate surface area is 130 Å². The molecule has 0 saturated heterocycles. The summed E-state index contributed by atoms with van der Waals surface area (Å²) in [5.41, 5.74) is 5.55. The van der Waals surface area contributed by atoms with Gasteiger partial charge in [0.25, 0.3) is 0 Å². The number of rotatable bonds is 3. The molecule has 0 aliphatic heterocycles. The molecule has 3 N–H and O–H groups in total. The highest BCUT2D eigenvalue weighted by molar-refractivity contribution is 9.10. The molecule has 0 atom stereocenters. The summed E-state index contributed by atoms with van der Waals surface area (Å²) in [6.45, 7) is 0. The van der Waals surface area contributed by atoms with Crippen molar-refractivity contribution in [3.63, 3.8) is 0 Å². The molecule has 0 unspecified atom stereocenters. The van der Waals surface area contributed by atoms with E-state index in [0.717, 1.165) is 0 Å². The Morgan fingerprint density at radius 2 is 1.85 bits per heavy atom. The van der Waals surface area contributed by atoms with Crippen LogP contribution in [0.2, 0.25) is 0 Å². The Hall–Kier alpha value is -1.47. The molecule has 0 aromatic heterocycles. The summed E-state index contributed by atoms with van der Waals surface area (Å²) in [4.78, 5) is 0. The van der Waals surface area contributed by atoms with Crippen LogP contribution in [0.15, 0.2) is 39.3 Å². The van der Waals surface area contributed by atoms with E-state index in [4.69, 9.17) is 15.9 Å². The van der Waals surface area contributed by atoms with Gasteiger partial charge in [-0.1, -0.05) is 0 Å². The van der Waals surface area contributed by atoms with Crippen LogP contribution >= 0.6 is 31.9 Å². The molecule has 104 valence electrons. The highest BCUT2D eigenvalue weighted by Gasteiger charge is 2.15. The first kappa shape index (κ1) is 14.9. The monoisotopic (exact) mass is 404 g/mol. The number of hydrogen-bond donors (Lipinski definition) is 2. The van der Waals surface area contributed by atoms with Crippen LogP contribution in [0.1, 0.15) is 5.56 Å². The molecule has 2 aromatic carbocycles. The summed E-state index contributed by atoms with van der Waals surface area (Å²) in [6, 6.07) is 6.79. The first-order chi connectivity index (χ1) is 9.40. The minimum absolute atomic E-state index is 0.0451. The normalized spacial score (nSPS) is 10.4. The van der Waals surface area contributed by atoms with E-state index < -0.39 is 11.6 Å². The van der Waals surface area contributed by atoms with Crippen LogP contribution in [0.4, 0.5) is 8.78 Å². The Morgan fingerprint density at radius 3 is 2.45 bits per heavy atom. The molecular formula is C13H8Br2F2N2O. The zero-order valence-corrected chi connectivity index (χ0v) is 13.1. The molecule has 7 heteroatoms. The zero-order valence-electron chi connectivity index (χ0n) is 9.88. The quantitative estimate of drug-likeness (QED) is 0.580. The van der Waals surface area contributed by atoms with Crippen molar-refractivity contribution in [2.45, 2.75) is 0 Å². The van der Waals surface area contributed by atoms with Crippen molar-refractivity contribution in [2.24, 2.45) is 5.73 Å². The fraction of sp³-hybridized carbons (Fsp3) is 0. The van der Waals surface area contributed by atoms with E-state index >= 15 is 0 Å². The summed E-state index contributed by atoms with van der Waals surface area (Å²) in [5.74, 6) is -1.16. The van der Waals surface area contributed by atoms with E-state index in [9.17, 15) is 8.78 Å². The molecule has 3 nitrogen and oxygen atoms in total. The smallest absolute Gasteiger partial charge is 0.180 e. The highest BCUT2D eigenvalue weighted by atomic mass is 79.9. The number of halogens is 4. The lowest BCUT2D eigenvalue weighted by atomic mass is 10.2. The second kappa shape index (κ2) is 5.88. The fourth-order valence-electron chi connectivity index (χ4n) is 1.49. The standard InChI is InChI=1S/C13H8Br2F2N2O/c14-8-5-6(1-3-9(8)16)20-10-4-2-7(13(18)19)11(15)12(10)17/h1-5H,(H3,18,19). The molecule has 0 radical (unpaired) electrons. The Morgan fingerprint density at radius 1 is 1.15 bits per heavy atom. The molecule has 0 aliphatic carbocycles. The Balaban J connectivity index is 2.37. The van der Waals surface area contributed by atoms with Gasteiger partial charge in [-0.2, -0.15) is 0 Å². The van der Waals surface area contributed by atoms with Gasteiger partial charge in [0.1, 0.15) is 17.4 Å². The van der Waals surface area contributed by atoms with Crippen LogP contribution in [0.25, 0.3) is 0 Å². The van der Waals surface area contributed by atoms with Crippen LogP contribution in [0.5, 0.6) is 11.5 Å². The number of hydrogen-bond acceptors (Lipinski definition) is 2. The Bertz CT molecular complexity index is 692. The van der Waals surface area contributed by atoms with Crippen molar-refractivity contribution in [3.8, 4) is 11.5 Å². The van der Waals surface area contributed by atoms with Gasteiger partial charge in [-0.3, -0.25) is 5.41 Å². The third-order valence-corrected chi connectivity index (χ3v) is 3.84. The van der Waals surface area contributed by atoms with Crippen molar-refractivity contribution < 1.29 is 13.5 Å². The number of benzene rings is 2. The molecule has 0 heterocycles. The van der Waals surface area contributed by atoms with Gasteiger partial charge in [-0.05, 0) is 62.2 Å². The molecule has 20 heavy (non-hydrogen) atoms. The Kier molecular flexibility index (Phi) is 4.39. The predicted octanol–water partition coefficient (Wildman–Crippen LogP) is 4.57. The molecule has 2 aromatic rings. The number of amidine groups is 1. The minimum atomic E-state index is -0.682. The molecule has 0 bridgehead atoms. The van der Waals surface area contributed by atoms with Gasteiger partial charge in [-0.15, -0.1) is 0 Å². The van der Waals surface area contributed by atoms with Gasteiger partial charge in [0.05, 0.1) is 8.95 Å². The molecular weight excluding hydrogens is 398 g/mol. The maximum absolute atomic E-state index is 14.1. The molecule has 0 aliphatic rings. The van der Waals surface area contributed by atoms with Crippen molar-refractivity contribution in [1.29, 1.82) is 5.41 Å². The van der Waals surface area contributed by atoms with Crippen LogP contribution in [-0.2, 0) is 0 Å². The van der Waals surface area contributed by atoms with E-state index in [1.54, 1.807) is 0 Å². The summed E-state index contributed by atoms with van der Waals surface area (Å²) < 4.78 is 32.8. The maximum atomic E-state index is 14.1. The summed E-state index contributed by atoms with van der Waals surface area (Å²) in [5, 5.41) is 7.31. The fourth-order valence-corrected chi connectivity index (χ4v) is 2.38. The van der Waals surface area contributed by atoms with Gasteiger partial charge in [0.15, 0.2) is 11.6 Å². The molecule has 2 rings (SSSR count). The van der Waals surface area contributed by atoms with Crippen LogP contribution in [0.3, 0.4) is 0 Å². The number of nitrogen functional groups attached to an aromatic ring is 1. The molecule has 0 saturated carbocycles. The summed E-state index contributed by atoms with van der Waals surface area (Å²) in [6.07, 6.45) is 0. The third kappa shape index (κ3) is 2.99. The lowest BCUT2D eigenvalue weighted by Crippen LogP contribution is -2.12.